The van der Waals surface area contributed by atoms with E-state index in [4.69, 9.17) is 4.74 Å². The Morgan fingerprint density at radius 3 is 2.00 bits per heavy atom. The largest absolute Gasteiger partial charge is 0.494 e. The molecule has 0 bridgehead atoms. The molecule has 1 heterocycles. The molecule has 1 saturated heterocycles. The molecule has 122 valence electrons. The number of fused-ring (bicyclic) bond motifs is 1. The van der Waals surface area contributed by atoms with Gasteiger partial charge in [0.25, 0.3) is 0 Å². The highest BCUT2D eigenvalue weighted by atomic mass is 16.5. The second kappa shape index (κ2) is 6.19. The number of rotatable bonds is 4. The average Bonchev–Trinajstić information content (AvgIpc) is 2.78. The van der Waals surface area contributed by atoms with Crippen molar-refractivity contribution in [2.45, 2.75) is 40.0 Å². The number of ether oxygens (including phenoxy) is 1. The van der Waals surface area contributed by atoms with E-state index in [9.17, 15) is 9.59 Å². The lowest BCUT2D eigenvalue weighted by molar-refractivity contribution is -0.122. The quantitative estimate of drug-likeness (QED) is 0.629. The highest BCUT2D eigenvalue weighted by Gasteiger charge is 2.49. The summed E-state index contributed by atoms with van der Waals surface area (Å²) in [4.78, 5) is 26.8. The molecule has 1 fully saturated rings. The molecule has 1 aliphatic carbocycles. The van der Waals surface area contributed by atoms with E-state index < -0.39 is 0 Å². The molecule has 0 radical (unpaired) electrons. The third-order valence-corrected chi connectivity index (χ3v) is 4.91. The Morgan fingerprint density at radius 2 is 1.52 bits per heavy atom. The summed E-state index contributed by atoms with van der Waals surface area (Å²) in [5, 5.41) is 0. The van der Waals surface area contributed by atoms with Gasteiger partial charge in [-0.1, -0.05) is 18.1 Å². The molecule has 0 N–H and O–H groups in total. The van der Waals surface area contributed by atoms with Gasteiger partial charge in [-0.25, -0.2) is 0 Å². The van der Waals surface area contributed by atoms with Gasteiger partial charge in [-0.05, 0) is 57.4 Å². The molecule has 1 aromatic carbocycles. The summed E-state index contributed by atoms with van der Waals surface area (Å²) >= 11 is 0. The number of carbonyl (C=O) groups excluding carboxylic acids is 2. The van der Waals surface area contributed by atoms with E-state index >= 15 is 0 Å². The van der Waals surface area contributed by atoms with Crippen LogP contribution in [-0.4, -0.2) is 18.4 Å². The molecule has 3 rings (SSSR count). The first-order valence-electron chi connectivity index (χ1n) is 8.28. The van der Waals surface area contributed by atoms with Crippen molar-refractivity contribution in [2.75, 3.05) is 11.5 Å². The Morgan fingerprint density at radius 1 is 1.00 bits per heavy atom. The standard InChI is InChI=1S/C19H23NO3/c1-4-9-23-15-7-5-14(6-8-15)20-18(21)16-10-12(2)13(3)11-17(16)19(20)22/h5-8,16-17H,4,9-11H2,1-3H3/t16-,17+. The SMILES string of the molecule is CCCOc1ccc(N2C(=O)[C@H]3CC(C)=C(C)C[C@H]3C2=O)cc1. The molecule has 4 nitrogen and oxygen atoms in total. The minimum absolute atomic E-state index is 0.0610. The number of anilines is 1. The van der Waals surface area contributed by atoms with E-state index in [1.165, 1.54) is 16.0 Å². The molecular formula is C19H23NO3. The van der Waals surface area contributed by atoms with Crippen LogP contribution in [0.2, 0.25) is 0 Å². The zero-order valence-electron chi connectivity index (χ0n) is 14.0. The zero-order valence-corrected chi connectivity index (χ0v) is 14.0. The summed E-state index contributed by atoms with van der Waals surface area (Å²) in [6.07, 6.45) is 2.35. The molecule has 1 aliphatic heterocycles. The molecule has 2 atom stereocenters. The number of imide groups is 1. The highest BCUT2D eigenvalue weighted by molar-refractivity contribution is 6.22. The van der Waals surface area contributed by atoms with Gasteiger partial charge in [-0.3, -0.25) is 14.5 Å². The lowest BCUT2D eigenvalue weighted by atomic mass is 9.78. The Bertz CT molecular complexity index is 628. The first-order valence-corrected chi connectivity index (χ1v) is 8.28. The Balaban J connectivity index is 1.82. The fraction of sp³-hybridized carbons (Fsp3) is 0.474. The third-order valence-electron chi connectivity index (χ3n) is 4.91. The maximum absolute atomic E-state index is 12.7. The Labute approximate surface area is 137 Å². The van der Waals surface area contributed by atoms with Gasteiger partial charge in [0.05, 0.1) is 24.1 Å². The zero-order chi connectivity index (χ0) is 16.6. The van der Waals surface area contributed by atoms with E-state index in [0.717, 1.165) is 12.2 Å². The van der Waals surface area contributed by atoms with Crippen LogP contribution in [0.15, 0.2) is 35.4 Å². The van der Waals surface area contributed by atoms with Crippen molar-refractivity contribution in [3.63, 3.8) is 0 Å². The molecule has 2 amide bonds. The van der Waals surface area contributed by atoms with Crippen LogP contribution in [0.5, 0.6) is 5.75 Å². The summed E-state index contributed by atoms with van der Waals surface area (Å²) in [5.41, 5.74) is 3.14. The molecule has 2 aliphatic rings. The third kappa shape index (κ3) is 2.78. The predicted octanol–water partition coefficient (Wildman–Crippen LogP) is 3.71. The van der Waals surface area contributed by atoms with Crippen LogP contribution in [0.3, 0.4) is 0 Å². The van der Waals surface area contributed by atoms with Crippen molar-refractivity contribution in [3.8, 4) is 5.75 Å². The van der Waals surface area contributed by atoms with Gasteiger partial charge in [0, 0.05) is 0 Å². The van der Waals surface area contributed by atoms with Gasteiger partial charge >= 0.3 is 0 Å². The van der Waals surface area contributed by atoms with Gasteiger partial charge in [-0.2, -0.15) is 0 Å². The Kier molecular flexibility index (Phi) is 4.24. The van der Waals surface area contributed by atoms with Crippen LogP contribution >= 0.6 is 0 Å². The normalized spacial score (nSPS) is 24.2. The van der Waals surface area contributed by atoms with Gasteiger partial charge < -0.3 is 4.74 Å². The van der Waals surface area contributed by atoms with E-state index in [1.807, 2.05) is 12.1 Å². The minimum atomic E-state index is -0.192. The maximum atomic E-state index is 12.7. The van der Waals surface area contributed by atoms with Crippen molar-refractivity contribution < 1.29 is 14.3 Å². The first kappa shape index (κ1) is 15.8. The summed E-state index contributed by atoms with van der Waals surface area (Å²) in [6.45, 7) is 6.84. The highest BCUT2D eigenvalue weighted by Crippen LogP contribution is 2.42. The summed E-state index contributed by atoms with van der Waals surface area (Å²) < 4.78 is 5.55. The monoisotopic (exact) mass is 313 g/mol. The lowest BCUT2D eigenvalue weighted by Crippen LogP contribution is -2.30. The summed E-state index contributed by atoms with van der Waals surface area (Å²) in [6, 6.07) is 7.24. The van der Waals surface area contributed by atoms with Crippen molar-refractivity contribution in [1.82, 2.24) is 0 Å². The van der Waals surface area contributed by atoms with Gasteiger partial charge in [0.2, 0.25) is 11.8 Å². The molecule has 0 spiro atoms. The van der Waals surface area contributed by atoms with Crippen molar-refractivity contribution in [2.24, 2.45) is 11.8 Å². The molecular weight excluding hydrogens is 290 g/mol. The van der Waals surface area contributed by atoms with E-state index in [0.29, 0.717) is 25.1 Å². The van der Waals surface area contributed by atoms with Crippen LogP contribution in [0.1, 0.15) is 40.0 Å². The fourth-order valence-corrected chi connectivity index (χ4v) is 3.42. The van der Waals surface area contributed by atoms with Crippen LogP contribution < -0.4 is 9.64 Å². The van der Waals surface area contributed by atoms with Gasteiger partial charge in [0.1, 0.15) is 5.75 Å². The number of carbonyl (C=O) groups is 2. The second-order valence-electron chi connectivity index (χ2n) is 6.54. The fourth-order valence-electron chi connectivity index (χ4n) is 3.42. The smallest absolute Gasteiger partial charge is 0.238 e. The molecule has 23 heavy (non-hydrogen) atoms. The van der Waals surface area contributed by atoms with Crippen LogP contribution in [-0.2, 0) is 9.59 Å². The van der Waals surface area contributed by atoms with E-state index in [-0.39, 0.29) is 23.7 Å². The number of amides is 2. The first-order chi connectivity index (χ1) is 11.0. The van der Waals surface area contributed by atoms with Crippen molar-refractivity contribution in [3.05, 3.63) is 35.4 Å². The number of nitrogens with zero attached hydrogens (tertiary/aromatic N) is 1. The Hall–Kier alpha value is -2.10. The molecule has 1 aromatic rings. The molecule has 4 heteroatoms. The number of hydrogen-bond acceptors (Lipinski definition) is 3. The maximum Gasteiger partial charge on any atom is 0.238 e. The van der Waals surface area contributed by atoms with Crippen molar-refractivity contribution in [1.29, 1.82) is 0 Å². The minimum Gasteiger partial charge on any atom is -0.494 e. The van der Waals surface area contributed by atoms with Crippen LogP contribution in [0.25, 0.3) is 0 Å². The lowest BCUT2D eigenvalue weighted by Gasteiger charge is -2.23. The van der Waals surface area contributed by atoms with Gasteiger partial charge in [0.15, 0.2) is 0 Å². The predicted molar refractivity (Wildman–Crippen MR) is 89.3 cm³/mol. The van der Waals surface area contributed by atoms with Gasteiger partial charge in [-0.15, -0.1) is 0 Å². The number of hydrogen-bond donors (Lipinski definition) is 0. The molecule has 0 saturated carbocycles. The topological polar surface area (TPSA) is 46.6 Å². The summed E-state index contributed by atoms with van der Waals surface area (Å²) in [5.74, 6) is 0.257. The molecule has 0 unspecified atom stereocenters. The second-order valence-corrected chi connectivity index (χ2v) is 6.54. The summed E-state index contributed by atoms with van der Waals surface area (Å²) in [7, 11) is 0. The van der Waals surface area contributed by atoms with E-state index in [1.54, 1.807) is 12.1 Å². The number of benzene rings is 1. The van der Waals surface area contributed by atoms with Crippen LogP contribution in [0, 0.1) is 11.8 Å². The van der Waals surface area contributed by atoms with Crippen molar-refractivity contribution >= 4 is 17.5 Å². The van der Waals surface area contributed by atoms with E-state index in [2.05, 4.69) is 20.8 Å². The molecule has 0 aromatic heterocycles. The number of allylic oxidation sites excluding steroid dienone is 2. The average molecular weight is 313 g/mol. The van der Waals surface area contributed by atoms with Crippen LogP contribution in [0.4, 0.5) is 5.69 Å².